The number of amides is 1. The molecule has 31 heavy (non-hydrogen) atoms. The Morgan fingerprint density at radius 1 is 1.32 bits per heavy atom. The second-order valence-electron chi connectivity index (χ2n) is 7.34. The summed E-state index contributed by atoms with van der Waals surface area (Å²) in [6.45, 7) is 3.65. The fourth-order valence-corrected chi connectivity index (χ4v) is 4.31. The number of benzene rings is 1. The third-order valence-corrected chi connectivity index (χ3v) is 6.22. The lowest BCUT2D eigenvalue weighted by molar-refractivity contribution is -0.120. The minimum atomic E-state index is -0.342. The minimum absolute atomic E-state index is 0.0842. The van der Waals surface area contributed by atoms with Crippen molar-refractivity contribution in [2.45, 2.75) is 49.4 Å². The largest absolute Gasteiger partial charge is 0.497 e. The van der Waals surface area contributed by atoms with Crippen LogP contribution in [-0.4, -0.2) is 45.7 Å². The van der Waals surface area contributed by atoms with Crippen molar-refractivity contribution >= 4 is 17.7 Å². The highest BCUT2D eigenvalue weighted by atomic mass is 32.2. The summed E-state index contributed by atoms with van der Waals surface area (Å²) in [6.07, 6.45) is 3.77. The molecule has 3 aromatic rings. The predicted octanol–water partition coefficient (Wildman–Crippen LogP) is 3.52. The van der Waals surface area contributed by atoms with E-state index in [-0.39, 0.29) is 17.3 Å². The van der Waals surface area contributed by atoms with Gasteiger partial charge in [0.15, 0.2) is 11.0 Å². The van der Waals surface area contributed by atoms with Gasteiger partial charge >= 0.3 is 0 Å². The summed E-state index contributed by atoms with van der Waals surface area (Å²) in [5.41, 5.74) is 0.938. The summed E-state index contributed by atoms with van der Waals surface area (Å²) in [5, 5.41) is 12.1. The molecule has 2 atom stereocenters. The quantitative estimate of drug-likeness (QED) is 0.507. The van der Waals surface area contributed by atoms with E-state index in [9.17, 15) is 4.79 Å². The molecular weight excluding hydrogens is 416 g/mol. The van der Waals surface area contributed by atoms with E-state index in [2.05, 4.69) is 20.1 Å². The van der Waals surface area contributed by atoms with Crippen LogP contribution in [0, 0.1) is 0 Å². The molecule has 1 aliphatic heterocycles. The van der Waals surface area contributed by atoms with Gasteiger partial charge in [-0.3, -0.25) is 9.36 Å². The third-order valence-electron chi connectivity index (χ3n) is 5.14. The number of thioether (sulfide) groups is 1. The number of nitrogens with zero attached hydrogens (tertiary/aromatic N) is 3. The Morgan fingerprint density at radius 2 is 2.16 bits per heavy atom. The smallest absolute Gasteiger partial charge is 0.233 e. The topological polar surface area (TPSA) is 91.4 Å². The van der Waals surface area contributed by atoms with Gasteiger partial charge in [-0.15, -0.1) is 10.2 Å². The first-order valence-corrected chi connectivity index (χ1v) is 11.2. The number of rotatable bonds is 9. The molecule has 0 bridgehead atoms. The molecule has 8 nitrogen and oxygen atoms in total. The summed E-state index contributed by atoms with van der Waals surface area (Å²) >= 11 is 1.39. The monoisotopic (exact) mass is 442 g/mol. The van der Waals surface area contributed by atoms with Crippen molar-refractivity contribution in [1.29, 1.82) is 0 Å². The second kappa shape index (κ2) is 10.0. The molecule has 1 aromatic carbocycles. The number of methoxy groups -OCH3 is 1. The van der Waals surface area contributed by atoms with Crippen LogP contribution in [0.5, 0.6) is 5.75 Å². The van der Waals surface area contributed by atoms with Crippen LogP contribution in [0.4, 0.5) is 0 Å². The molecule has 1 fully saturated rings. The van der Waals surface area contributed by atoms with Crippen LogP contribution in [-0.2, 0) is 22.6 Å². The van der Waals surface area contributed by atoms with Crippen molar-refractivity contribution in [2.24, 2.45) is 0 Å². The summed E-state index contributed by atoms with van der Waals surface area (Å²) in [4.78, 5) is 12.6. The molecular formula is C22H26N4O4S. The number of hydrogen-bond acceptors (Lipinski definition) is 7. The van der Waals surface area contributed by atoms with E-state index >= 15 is 0 Å². The van der Waals surface area contributed by atoms with Gasteiger partial charge in [-0.25, -0.2) is 0 Å². The molecule has 3 heterocycles. The van der Waals surface area contributed by atoms with Crippen molar-refractivity contribution in [3.8, 4) is 17.1 Å². The molecule has 0 spiro atoms. The summed E-state index contributed by atoms with van der Waals surface area (Å²) < 4.78 is 18.4. The number of furan rings is 1. The molecule has 0 saturated carbocycles. The Bertz CT molecular complexity index is 982. The molecule has 0 unspecified atom stereocenters. The Kier molecular flexibility index (Phi) is 6.93. The SMILES string of the molecule is COc1ccc(-c2nnc(S[C@@H](C)C(=O)NCc3ccco3)n2C[C@H]2CCCO2)cc1. The molecule has 1 saturated heterocycles. The van der Waals surface area contributed by atoms with Crippen molar-refractivity contribution in [3.63, 3.8) is 0 Å². The Labute approximate surface area is 185 Å². The number of nitrogens with one attached hydrogen (secondary N) is 1. The fraction of sp³-hybridized carbons (Fsp3) is 0.409. The standard InChI is InChI=1S/C22H26N4O4S/c1-15(21(27)23-13-18-5-3-11-29-18)31-22-25-24-20(16-7-9-17(28-2)10-8-16)26(22)14-19-6-4-12-30-19/h3,5,7-11,15,19H,4,6,12-14H2,1-2H3,(H,23,27)/t15-,19+/m0/s1. The molecule has 9 heteroatoms. The van der Waals surface area contributed by atoms with Crippen molar-refractivity contribution in [2.75, 3.05) is 13.7 Å². The highest BCUT2D eigenvalue weighted by Crippen LogP contribution is 2.29. The average Bonchev–Trinajstić information content (AvgIpc) is 3.56. The number of carbonyl (C=O) groups is 1. The molecule has 164 valence electrons. The molecule has 2 aromatic heterocycles. The van der Waals surface area contributed by atoms with E-state index in [1.807, 2.05) is 37.3 Å². The van der Waals surface area contributed by atoms with E-state index < -0.39 is 0 Å². The maximum Gasteiger partial charge on any atom is 0.233 e. The molecule has 1 N–H and O–H groups in total. The van der Waals surface area contributed by atoms with Gasteiger partial charge in [0.1, 0.15) is 11.5 Å². The summed E-state index contributed by atoms with van der Waals surface area (Å²) in [7, 11) is 1.64. The number of hydrogen-bond donors (Lipinski definition) is 1. The normalized spacial score (nSPS) is 16.9. The van der Waals surface area contributed by atoms with Crippen LogP contribution in [0.15, 0.2) is 52.2 Å². The van der Waals surface area contributed by atoms with Crippen LogP contribution in [0.2, 0.25) is 0 Å². The highest BCUT2D eigenvalue weighted by molar-refractivity contribution is 8.00. The lowest BCUT2D eigenvalue weighted by Crippen LogP contribution is -2.30. The first-order valence-electron chi connectivity index (χ1n) is 10.3. The first-order chi connectivity index (χ1) is 15.1. The van der Waals surface area contributed by atoms with E-state index in [1.165, 1.54) is 11.8 Å². The molecule has 1 amide bonds. The van der Waals surface area contributed by atoms with Crippen molar-refractivity contribution in [3.05, 3.63) is 48.4 Å². The van der Waals surface area contributed by atoms with Gasteiger partial charge in [0, 0.05) is 12.2 Å². The fourth-order valence-electron chi connectivity index (χ4n) is 3.43. The van der Waals surface area contributed by atoms with Crippen LogP contribution in [0.3, 0.4) is 0 Å². The van der Waals surface area contributed by atoms with Gasteiger partial charge in [0.2, 0.25) is 5.91 Å². The van der Waals surface area contributed by atoms with Crippen molar-refractivity contribution < 1.29 is 18.7 Å². The average molecular weight is 443 g/mol. The molecule has 0 aliphatic carbocycles. The summed E-state index contributed by atoms with van der Waals surface area (Å²) in [5.74, 6) is 2.17. The van der Waals surface area contributed by atoms with Gasteiger partial charge in [-0.1, -0.05) is 11.8 Å². The number of ether oxygens (including phenoxy) is 2. The van der Waals surface area contributed by atoms with E-state index in [0.29, 0.717) is 24.0 Å². The highest BCUT2D eigenvalue weighted by Gasteiger charge is 2.24. The zero-order chi connectivity index (χ0) is 21.6. The van der Waals surface area contributed by atoms with Gasteiger partial charge < -0.3 is 19.2 Å². The van der Waals surface area contributed by atoms with Crippen LogP contribution < -0.4 is 10.1 Å². The second-order valence-corrected chi connectivity index (χ2v) is 8.65. The van der Waals surface area contributed by atoms with E-state index in [1.54, 1.807) is 19.4 Å². The number of aromatic nitrogens is 3. The van der Waals surface area contributed by atoms with E-state index in [4.69, 9.17) is 13.9 Å². The van der Waals surface area contributed by atoms with Crippen LogP contribution >= 0.6 is 11.8 Å². The molecule has 1 aliphatic rings. The Hall–Kier alpha value is -2.78. The van der Waals surface area contributed by atoms with Gasteiger partial charge in [-0.05, 0) is 56.2 Å². The summed E-state index contributed by atoms with van der Waals surface area (Å²) in [6, 6.07) is 11.4. The number of carbonyl (C=O) groups excluding carboxylic acids is 1. The van der Waals surface area contributed by atoms with Crippen LogP contribution in [0.1, 0.15) is 25.5 Å². The lowest BCUT2D eigenvalue weighted by Gasteiger charge is -2.16. The minimum Gasteiger partial charge on any atom is -0.497 e. The molecule has 0 radical (unpaired) electrons. The third kappa shape index (κ3) is 5.29. The van der Waals surface area contributed by atoms with Crippen LogP contribution in [0.25, 0.3) is 11.4 Å². The van der Waals surface area contributed by atoms with Crippen molar-refractivity contribution in [1.82, 2.24) is 20.1 Å². The maximum atomic E-state index is 12.6. The molecule has 4 rings (SSSR count). The zero-order valence-corrected chi connectivity index (χ0v) is 18.4. The Balaban J connectivity index is 1.51. The van der Waals surface area contributed by atoms with Gasteiger partial charge in [-0.2, -0.15) is 0 Å². The first kappa shape index (κ1) is 21.5. The van der Waals surface area contributed by atoms with Gasteiger partial charge in [0.05, 0.1) is 37.8 Å². The zero-order valence-electron chi connectivity index (χ0n) is 17.6. The predicted molar refractivity (Wildman–Crippen MR) is 117 cm³/mol. The van der Waals surface area contributed by atoms with E-state index in [0.717, 1.165) is 36.6 Å². The van der Waals surface area contributed by atoms with Gasteiger partial charge in [0.25, 0.3) is 0 Å². The Morgan fingerprint density at radius 3 is 2.84 bits per heavy atom. The maximum absolute atomic E-state index is 12.6. The lowest BCUT2D eigenvalue weighted by atomic mass is 10.2.